The molecule has 2 heterocycles. The minimum atomic E-state index is 0.529. The van der Waals surface area contributed by atoms with Gasteiger partial charge in [-0.05, 0) is 18.9 Å². The number of aromatic nitrogens is 4. The van der Waals surface area contributed by atoms with Crippen molar-refractivity contribution in [2.75, 3.05) is 0 Å². The SMILES string of the molecule is c1ccc2c(Cc3nc(C4CC4)no3)[nH]nc2c1. The molecule has 0 atom stereocenters. The lowest BCUT2D eigenvalue weighted by molar-refractivity contribution is 0.379. The van der Waals surface area contributed by atoms with Crippen LogP contribution in [0.2, 0.25) is 0 Å². The highest BCUT2D eigenvalue weighted by Gasteiger charge is 2.28. The molecule has 3 aromatic rings. The van der Waals surface area contributed by atoms with Crippen molar-refractivity contribution >= 4 is 10.9 Å². The van der Waals surface area contributed by atoms with E-state index in [1.807, 2.05) is 24.3 Å². The van der Waals surface area contributed by atoms with Gasteiger partial charge in [-0.3, -0.25) is 5.10 Å². The van der Waals surface area contributed by atoms with Crippen LogP contribution in [0.15, 0.2) is 28.8 Å². The van der Waals surface area contributed by atoms with Gasteiger partial charge >= 0.3 is 0 Å². The Labute approximate surface area is 103 Å². The summed E-state index contributed by atoms with van der Waals surface area (Å²) in [7, 11) is 0. The summed E-state index contributed by atoms with van der Waals surface area (Å²) in [6.45, 7) is 0. The minimum Gasteiger partial charge on any atom is -0.339 e. The van der Waals surface area contributed by atoms with Crippen LogP contribution >= 0.6 is 0 Å². The fourth-order valence-electron chi connectivity index (χ4n) is 2.15. The number of fused-ring (bicyclic) bond motifs is 1. The summed E-state index contributed by atoms with van der Waals surface area (Å²) >= 11 is 0. The van der Waals surface area contributed by atoms with Gasteiger partial charge in [-0.2, -0.15) is 10.1 Å². The maximum Gasteiger partial charge on any atom is 0.232 e. The molecule has 90 valence electrons. The van der Waals surface area contributed by atoms with E-state index in [4.69, 9.17) is 4.52 Å². The molecule has 0 radical (unpaired) electrons. The molecular weight excluding hydrogens is 228 g/mol. The summed E-state index contributed by atoms with van der Waals surface area (Å²) < 4.78 is 5.28. The fraction of sp³-hybridized carbons (Fsp3) is 0.308. The second-order valence-corrected chi connectivity index (χ2v) is 4.72. The molecule has 1 N–H and O–H groups in total. The normalized spacial score (nSPS) is 15.3. The molecule has 1 aliphatic carbocycles. The summed E-state index contributed by atoms with van der Waals surface area (Å²) in [5, 5.41) is 12.4. The van der Waals surface area contributed by atoms with Gasteiger partial charge in [0, 0.05) is 11.3 Å². The van der Waals surface area contributed by atoms with Gasteiger partial charge < -0.3 is 4.52 Å². The molecule has 0 unspecified atom stereocenters. The molecular formula is C13H12N4O. The number of hydrogen-bond donors (Lipinski definition) is 1. The van der Waals surface area contributed by atoms with Crippen molar-refractivity contribution in [1.82, 2.24) is 20.3 Å². The second kappa shape index (κ2) is 3.66. The highest BCUT2D eigenvalue weighted by atomic mass is 16.5. The molecule has 5 nitrogen and oxygen atoms in total. The smallest absolute Gasteiger partial charge is 0.232 e. The maximum absolute atomic E-state index is 5.28. The van der Waals surface area contributed by atoms with E-state index in [-0.39, 0.29) is 0 Å². The molecule has 0 bridgehead atoms. The van der Waals surface area contributed by atoms with Crippen LogP contribution < -0.4 is 0 Å². The first-order valence-electron chi connectivity index (χ1n) is 6.14. The number of hydrogen-bond acceptors (Lipinski definition) is 4. The average Bonchev–Trinajstić information content (AvgIpc) is 3.02. The van der Waals surface area contributed by atoms with Crippen LogP contribution in [-0.4, -0.2) is 20.3 Å². The highest BCUT2D eigenvalue weighted by Crippen LogP contribution is 2.38. The first kappa shape index (κ1) is 9.82. The molecule has 0 amide bonds. The Bertz CT molecular complexity index is 696. The largest absolute Gasteiger partial charge is 0.339 e. The molecule has 1 aromatic carbocycles. The Morgan fingerprint density at radius 1 is 1.28 bits per heavy atom. The summed E-state index contributed by atoms with van der Waals surface area (Å²) in [5.41, 5.74) is 1.99. The van der Waals surface area contributed by atoms with Gasteiger partial charge in [0.25, 0.3) is 0 Å². The van der Waals surface area contributed by atoms with Crippen molar-refractivity contribution in [2.45, 2.75) is 25.2 Å². The lowest BCUT2D eigenvalue weighted by Crippen LogP contribution is -1.90. The first-order valence-corrected chi connectivity index (χ1v) is 6.14. The van der Waals surface area contributed by atoms with Crippen LogP contribution in [0.3, 0.4) is 0 Å². The Balaban J connectivity index is 1.66. The minimum absolute atomic E-state index is 0.529. The zero-order chi connectivity index (χ0) is 11.9. The number of para-hydroxylation sites is 1. The molecule has 0 spiro atoms. The number of H-pyrrole nitrogens is 1. The van der Waals surface area contributed by atoms with Gasteiger partial charge in [-0.25, -0.2) is 0 Å². The molecule has 5 heteroatoms. The standard InChI is InChI=1S/C13H12N4O/c1-2-4-10-9(3-1)11(16-15-10)7-12-14-13(17-18-12)8-5-6-8/h1-4,8H,5-7H2,(H,15,16). The number of rotatable bonds is 3. The van der Waals surface area contributed by atoms with Crippen LogP contribution in [-0.2, 0) is 6.42 Å². The molecule has 1 saturated carbocycles. The average molecular weight is 240 g/mol. The van der Waals surface area contributed by atoms with Crippen LogP contribution in [0.4, 0.5) is 0 Å². The molecule has 1 aliphatic rings. The Kier molecular flexibility index (Phi) is 2.00. The van der Waals surface area contributed by atoms with Crippen LogP contribution in [0.25, 0.3) is 10.9 Å². The number of aromatic amines is 1. The van der Waals surface area contributed by atoms with Crippen molar-refractivity contribution < 1.29 is 4.52 Å². The molecule has 18 heavy (non-hydrogen) atoms. The number of nitrogens with one attached hydrogen (secondary N) is 1. The van der Waals surface area contributed by atoms with Gasteiger partial charge in [0.15, 0.2) is 5.82 Å². The van der Waals surface area contributed by atoms with Crippen LogP contribution in [0, 0.1) is 0 Å². The predicted molar refractivity (Wildman–Crippen MR) is 65.2 cm³/mol. The number of benzene rings is 1. The molecule has 2 aromatic heterocycles. The van der Waals surface area contributed by atoms with Crippen molar-refractivity contribution in [3.05, 3.63) is 41.7 Å². The molecule has 1 fully saturated rings. The zero-order valence-electron chi connectivity index (χ0n) is 9.76. The van der Waals surface area contributed by atoms with Crippen LogP contribution in [0.1, 0.15) is 36.2 Å². The third-order valence-corrected chi connectivity index (χ3v) is 3.29. The van der Waals surface area contributed by atoms with Crippen molar-refractivity contribution in [3.63, 3.8) is 0 Å². The van der Waals surface area contributed by atoms with E-state index in [2.05, 4.69) is 20.3 Å². The van der Waals surface area contributed by atoms with Gasteiger partial charge in [0.1, 0.15) is 0 Å². The third-order valence-electron chi connectivity index (χ3n) is 3.29. The van der Waals surface area contributed by atoms with E-state index in [9.17, 15) is 0 Å². The topological polar surface area (TPSA) is 67.6 Å². The van der Waals surface area contributed by atoms with E-state index in [0.29, 0.717) is 18.2 Å². The van der Waals surface area contributed by atoms with Crippen molar-refractivity contribution in [1.29, 1.82) is 0 Å². The maximum atomic E-state index is 5.28. The summed E-state index contributed by atoms with van der Waals surface area (Å²) in [4.78, 5) is 4.43. The van der Waals surface area contributed by atoms with E-state index in [0.717, 1.165) is 22.4 Å². The monoisotopic (exact) mass is 240 g/mol. The molecule has 0 saturated heterocycles. The quantitative estimate of drug-likeness (QED) is 0.763. The van der Waals surface area contributed by atoms with Gasteiger partial charge in [-0.1, -0.05) is 23.4 Å². The van der Waals surface area contributed by atoms with Gasteiger partial charge in [-0.15, -0.1) is 0 Å². The van der Waals surface area contributed by atoms with Gasteiger partial charge in [0.2, 0.25) is 5.89 Å². The lowest BCUT2D eigenvalue weighted by Gasteiger charge is -1.92. The summed E-state index contributed by atoms with van der Waals surface area (Å²) in [5.74, 6) is 2.04. The van der Waals surface area contributed by atoms with E-state index in [1.54, 1.807) is 0 Å². The fourth-order valence-corrected chi connectivity index (χ4v) is 2.15. The van der Waals surface area contributed by atoms with E-state index >= 15 is 0 Å². The van der Waals surface area contributed by atoms with Crippen molar-refractivity contribution in [2.24, 2.45) is 0 Å². The lowest BCUT2D eigenvalue weighted by atomic mass is 10.2. The predicted octanol–water partition coefficient (Wildman–Crippen LogP) is 2.41. The Hall–Kier alpha value is -2.17. The first-order chi connectivity index (χ1) is 8.90. The molecule has 4 rings (SSSR count). The number of nitrogens with zero attached hydrogens (tertiary/aromatic N) is 3. The summed E-state index contributed by atoms with van der Waals surface area (Å²) in [6.07, 6.45) is 2.98. The van der Waals surface area contributed by atoms with Crippen molar-refractivity contribution in [3.8, 4) is 0 Å². The van der Waals surface area contributed by atoms with Crippen LogP contribution in [0.5, 0.6) is 0 Å². The van der Waals surface area contributed by atoms with E-state index in [1.165, 1.54) is 12.8 Å². The Morgan fingerprint density at radius 3 is 3.06 bits per heavy atom. The van der Waals surface area contributed by atoms with E-state index < -0.39 is 0 Å². The van der Waals surface area contributed by atoms with Gasteiger partial charge in [0.05, 0.1) is 17.6 Å². The zero-order valence-corrected chi connectivity index (χ0v) is 9.76. The Morgan fingerprint density at radius 2 is 2.17 bits per heavy atom. The molecule has 0 aliphatic heterocycles. The highest BCUT2D eigenvalue weighted by molar-refractivity contribution is 5.81. The third kappa shape index (κ3) is 1.59. The second-order valence-electron chi connectivity index (χ2n) is 4.72. The summed E-state index contributed by atoms with van der Waals surface area (Å²) in [6, 6.07) is 8.01.